The van der Waals surface area contributed by atoms with Crippen LogP contribution in [0.25, 0.3) is 0 Å². The normalized spacial score (nSPS) is 23.8. The Morgan fingerprint density at radius 3 is 1.89 bits per heavy atom. The van der Waals surface area contributed by atoms with Gasteiger partial charge in [-0.3, -0.25) is 14.5 Å². The highest BCUT2D eigenvalue weighted by atomic mass is 16.4. The lowest BCUT2D eigenvalue weighted by molar-refractivity contribution is -0.168. The number of piperazine rings is 1. The molecule has 1 aliphatic carbocycles. The largest absolute Gasteiger partial charge is 0.480 e. The highest BCUT2D eigenvalue weighted by Gasteiger charge is 2.53. The second-order valence-corrected chi connectivity index (χ2v) is 6.69. The zero-order valence-electron chi connectivity index (χ0n) is 12.1. The second kappa shape index (κ2) is 4.78. The Labute approximate surface area is 114 Å². The third-order valence-electron chi connectivity index (χ3n) is 4.54. The van der Waals surface area contributed by atoms with E-state index in [2.05, 4.69) is 25.7 Å². The molecule has 5 heteroatoms. The van der Waals surface area contributed by atoms with Gasteiger partial charge in [-0.15, -0.1) is 0 Å². The van der Waals surface area contributed by atoms with Crippen LogP contribution in [0.4, 0.5) is 0 Å². The fourth-order valence-electron chi connectivity index (χ4n) is 2.93. The maximum Gasteiger partial charge on any atom is 0.319 e. The number of nitrogens with zero attached hydrogens (tertiary/aromatic N) is 2. The predicted molar refractivity (Wildman–Crippen MR) is 71.8 cm³/mol. The van der Waals surface area contributed by atoms with Crippen LogP contribution in [0.5, 0.6) is 0 Å². The van der Waals surface area contributed by atoms with E-state index in [4.69, 9.17) is 0 Å². The smallest absolute Gasteiger partial charge is 0.319 e. The fourth-order valence-corrected chi connectivity index (χ4v) is 2.93. The van der Waals surface area contributed by atoms with E-state index in [0.29, 0.717) is 25.9 Å². The summed E-state index contributed by atoms with van der Waals surface area (Å²) in [6, 6.07) is 0. The van der Waals surface area contributed by atoms with Crippen molar-refractivity contribution in [2.24, 2.45) is 5.41 Å². The molecule has 5 nitrogen and oxygen atoms in total. The Bertz CT molecular complexity index is 375. The fraction of sp³-hybridized carbons (Fsp3) is 0.857. The average Bonchev–Trinajstić information content (AvgIpc) is 2.25. The second-order valence-electron chi connectivity index (χ2n) is 6.69. The minimum absolute atomic E-state index is 0.107. The van der Waals surface area contributed by atoms with Crippen molar-refractivity contribution < 1.29 is 14.7 Å². The molecule has 1 N–H and O–H groups in total. The summed E-state index contributed by atoms with van der Waals surface area (Å²) in [5.74, 6) is -1.11. The molecule has 2 rings (SSSR count). The molecular weight excluding hydrogens is 244 g/mol. The minimum atomic E-state index is -1.11. The van der Waals surface area contributed by atoms with Crippen molar-refractivity contribution >= 4 is 11.9 Å². The lowest BCUT2D eigenvalue weighted by atomic mass is 9.67. The maximum absolute atomic E-state index is 12.4. The summed E-state index contributed by atoms with van der Waals surface area (Å²) in [6.45, 7) is 9.42. The molecule has 0 bridgehead atoms. The Morgan fingerprint density at radius 2 is 1.58 bits per heavy atom. The number of aliphatic carboxylic acids is 1. The Balaban J connectivity index is 1.98. The molecule has 1 aliphatic heterocycles. The topological polar surface area (TPSA) is 60.9 Å². The molecule has 19 heavy (non-hydrogen) atoms. The molecule has 0 spiro atoms. The number of hydrogen-bond acceptors (Lipinski definition) is 3. The summed E-state index contributed by atoms with van der Waals surface area (Å²) in [5.41, 5.74) is -1.00. The van der Waals surface area contributed by atoms with Gasteiger partial charge in [0.15, 0.2) is 0 Å². The van der Waals surface area contributed by atoms with Crippen LogP contribution in [0.15, 0.2) is 0 Å². The Morgan fingerprint density at radius 1 is 1.05 bits per heavy atom. The van der Waals surface area contributed by atoms with Crippen molar-refractivity contribution in [2.75, 3.05) is 26.2 Å². The zero-order chi connectivity index (χ0) is 14.3. The van der Waals surface area contributed by atoms with E-state index in [1.165, 1.54) is 0 Å². The molecule has 1 heterocycles. The number of carboxylic acid groups (broad SMARTS) is 1. The van der Waals surface area contributed by atoms with E-state index in [1.807, 2.05) is 0 Å². The first-order chi connectivity index (χ1) is 8.77. The predicted octanol–water partition coefficient (Wildman–Crippen LogP) is 1.18. The molecule has 1 amide bonds. The lowest BCUT2D eigenvalue weighted by Gasteiger charge is -2.46. The summed E-state index contributed by atoms with van der Waals surface area (Å²) in [7, 11) is 0. The van der Waals surface area contributed by atoms with Gasteiger partial charge < -0.3 is 10.0 Å². The molecular formula is C14H24N2O3. The highest BCUT2D eigenvalue weighted by molar-refractivity contribution is 6.02. The molecule has 0 atom stereocenters. The van der Waals surface area contributed by atoms with Crippen LogP contribution in [0, 0.1) is 5.41 Å². The van der Waals surface area contributed by atoms with Crippen molar-refractivity contribution in [1.29, 1.82) is 0 Å². The molecule has 1 saturated carbocycles. The summed E-state index contributed by atoms with van der Waals surface area (Å²) >= 11 is 0. The van der Waals surface area contributed by atoms with Crippen molar-refractivity contribution in [2.45, 2.75) is 45.6 Å². The van der Waals surface area contributed by atoms with E-state index in [0.717, 1.165) is 19.5 Å². The first-order valence-electron chi connectivity index (χ1n) is 7.05. The van der Waals surface area contributed by atoms with Gasteiger partial charge in [0.05, 0.1) is 0 Å². The van der Waals surface area contributed by atoms with Gasteiger partial charge in [-0.2, -0.15) is 0 Å². The number of carbonyl (C=O) groups excluding carboxylic acids is 1. The Hall–Kier alpha value is -1.10. The molecule has 0 radical (unpaired) electrons. The number of rotatable bonds is 2. The van der Waals surface area contributed by atoms with Crippen LogP contribution in [-0.4, -0.2) is 58.5 Å². The van der Waals surface area contributed by atoms with Gasteiger partial charge in [0, 0.05) is 31.7 Å². The summed E-state index contributed by atoms with van der Waals surface area (Å²) < 4.78 is 0. The molecule has 1 saturated heterocycles. The molecule has 108 valence electrons. The minimum Gasteiger partial charge on any atom is -0.480 e. The number of amides is 1. The summed E-state index contributed by atoms with van der Waals surface area (Å²) in [6.07, 6.45) is 1.85. The third kappa shape index (κ3) is 2.48. The number of carbonyl (C=O) groups is 2. The molecule has 0 aromatic heterocycles. The molecule has 2 aliphatic rings. The van der Waals surface area contributed by atoms with E-state index in [-0.39, 0.29) is 11.4 Å². The van der Waals surface area contributed by atoms with Gasteiger partial charge in [0.1, 0.15) is 5.41 Å². The van der Waals surface area contributed by atoms with Crippen molar-refractivity contribution in [1.82, 2.24) is 9.80 Å². The van der Waals surface area contributed by atoms with Crippen LogP contribution in [-0.2, 0) is 9.59 Å². The van der Waals surface area contributed by atoms with Gasteiger partial charge >= 0.3 is 5.97 Å². The molecule has 0 unspecified atom stereocenters. The molecule has 2 fully saturated rings. The van der Waals surface area contributed by atoms with Crippen LogP contribution in [0.2, 0.25) is 0 Å². The summed E-state index contributed by atoms with van der Waals surface area (Å²) in [5, 5.41) is 9.31. The van der Waals surface area contributed by atoms with Crippen molar-refractivity contribution in [3.8, 4) is 0 Å². The zero-order valence-corrected chi connectivity index (χ0v) is 12.1. The van der Waals surface area contributed by atoms with Crippen molar-refractivity contribution in [3.05, 3.63) is 0 Å². The van der Waals surface area contributed by atoms with Gasteiger partial charge in [-0.1, -0.05) is 6.42 Å². The van der Waals surface area contributed by atoms with Gasteiger partial charge in [-0.05, 0) is 33.6 Å². The monoisotopic (exact) mass is 268 g/mol. The number of hydrogen-bond donors (Lipinski definition) is 1. The van der Waals surface area contributed by atoms with Crippen LogP contribution in [0.1, 0.15) is 40.0 Å². The number of carboxylic acids is 1. The lowest BCUT2D eigenvalue weighted by Crippen LogP contribution is -2.59. The van der Waals surface area contributed by atoms with Gasteiger partial charge in [0.25, 0.3) is 0 Å². The molecule has 0 aromatic carbocycles. The van der Waals surface area contributed by atoms with Crippen LogP contribution < -0.4 is 0 Å². The van der Waals surface area contributed by atoms with Crippen LogP contribution in [0.3, 0.4) is 0 Å². The average molecular weight is 268 g/mol. The van der Waals surface area contributed by atoms with E-state index in [1.54, 1.807) is 4.90 Å². The first-order valence-corrected chi connectivity index (χ1v) is 7.05. The van der Waals surface area contributed by atoms with E-state index in [9.17, 15) is 14.7 Å². The maximum atomic E-state index is 12.4. The van der Waals surface area contributed by atoms with E-state index >= 15 is 0 Å². The quantitative estimate of drug-likeness (QED) is 0.764. The van der Waals surface area contributed by atoms with Crippen molar-refractivity contribution in [3.63, 3.8) is 0 Å². The Kier molecular flexibility index (Phi) is 3.60. The summed E-state index contributed by atoms with van der Waals surface area (Å²) in [4.78, 5) is 27.9. The first kappa shape index (κ1) is 14.3. The standard InChI is InChI=1S/C14H24N2O3/c1-13(2,3)16-9-7-15(8-10-16)11(17)14(12(18)19)5-4-6-14/h4-10H2,1-3H3,(H,18,19). The third-order valence-corrected chi connectivity index (χ3v) is 4.54. The highest BCUT2D eigenvalue weighted by Crippen LogP contribution is 2.43. The SMILES string of the molecule is CC(C)(C)N1CCN(C(=O)C2(C(=O)O)CCC2)CC1. The van der Waals surface area contributed by atoms with Gasteiger partial charge in [0.2, 0.25) is 5.91 Å². The molecule has 0 aromatic rings. The van der Waals surface area contributed by atoms with Crippen LogP contribution >= 0.6 is 0 Å². The van der Waals surface area contributed by atoms with E-state index < -0.39 is 11.4 Å². The van der Waals surface area contributed by atoms with Gasteiger partial charge in [-0.25, -0.2) is 0 Å².